The molecule has 2 N–H and O–H groups in total. The van der Waals surface area contributed by atoms with Crippen molar-refractivity contribution < 1.29 is 0 Å². The summed E-state index contributed by atoms with van der Waals surface area (Å²) < 4.78 is 2.03. The quantitative estimate of drug-likeness (QED) is 0.898. The first-order chi connectivity index (χ1) is 8.74. The van der Waals surface area contributed by atoms with E-state index in [1.165, 1.54) is 0 Å². The maximum Gasteiger partial charge on any atom is 0.154 e. The highest BCUT2D eigenvalue weighted by molar-refractivity contribution is 7.98. The molecule has 0 saturated heterocycles. The Bertz CT molecular complexity index is 495. The summed E-state index contributed by atoms with van der Waals surface area (Å²) >= 11 is 1.80. The van der Waals surface area contributed by atoms with E-state index in [1.807, 2.05) is 41.8 Å². The van der Waals surface area contributed by atoms with Crippen molar-refractivity contribution in [1.29, 1.82) is 0 Å². The maximum absolute atomic E-state index is 6.20. The Labute approximate surface area is 112 Å². The molecule has 0 aliphatic rings. The van der Waals surface area contributed by atoms with Gasteiger partial charge in [0.2, 0.25) is 0 Å². The molecule has 2 aromatic rings. The van der Waals surface area contributed by atoms with Gasteiger partial charge in [0.1, 0.15) is 5.82 Å². The minimum absolute atomic E-state index is 0.0705. The second-order valence-corrected chi connectivity index (χ2v) is 5.15. The van der Waals surface area contributed by atoms with Gasteiger partial charge in [0.15, 0.2) is 5.82 Å². The van der Waals surface area contributed by atoms with Crippen molar-refractivity contribution in [2.45, 2.75) is 19.4 Å². The third-order valence-corrected chi connectivity index (χ3v) is 3.47. The highest BCUT2D eigenvalue weighted by Gasteiger charge is 2.16. The number of aromatic nitrogens is 3. The van der Waals surface area contributed by atoms with Crippen molar-refractivity contribution in [3.8, 4) is 5.69 Å². The predicted molar refractivity (Wildman–Crippen MR) is 76.0 cm³/mol. The fraction of sp³-hybridized carbons (Fsp3) is 0.385. The molecule has 4 nitrogen and oxygen atoms in total. The molecule has 1 atom stereocenters. The number of para-hydroxylation sites is 1. The minimum atomic E-state index is -0.0705. The lowest BCUT2D eigenvalue weighted by atomic mass is 10.2. The van der Waals surface area contributed by atoms with Crippen LogP contribution in [-0.2, 0) is 0 Å². The summed E-state index contributed by atoms with van der Waals surface area (Å²) in [7, 11) is 0. The molecule has 0 amide bonds. The zero-order chi connectivity index (χ0) is 13.0. The van der Waals surface area contributed by atoms with Crippen LogP contribution >= 0.6 is 11.8 Å². The van der Waals surface area contributed by atoms with Gasteiger partial charge >= 0.3 is 0 Å². The van der Waals surface area contributed by atoms with Crippen molar-refractivity contribution in [3.05, 3.63) is 42.0 Å². The van der Waals surface area contributed by atoms with Gasteiger partial charge in [-0.1, -0.05) is 18.2 Å². The molecule has 0 unspecified atom stereocenters. The second-order valence-electron chi connectivity index (χ2n) is 4.16. The van der Waals surface area contributed by atoms with Crippen LogP contribution in [0.3, 0.4) is 0 Å². The fourth-order valence-corrected chi connectivity index (χ4v) is 2.38. The van der Waals surface area contributed by atoms with Crippen molar-refractivity contribution >= 4 is 11.8 Å². The molecule has 0 spiro atoms. The van der Waals surface area contributed by atoms with Crippen LogP contribution in [-0.4, -0.2) is 26.8 Å². The van der Waals surface area contributed by atoms with Crippen LogP contribution < -0.4 is 5.73 Å². The summed E-state index contributed by atoms with van der Waals surface area (Å²) in [6.45, 7) is 1.95. The number of nitrogens with two attached hydrogens (primary N) is 1. The summed E-state index contributed by atoms with van der Waals surface area (Å²) in [5.74, 6) is 2.74. The normalized spacial score (nSPS) is 12.6. The second kappa shape index (κ2) is 6.02. The third kappa shape index (κ3) is 2.73. The fourth-order valence-electron chi connectivity index (χ4n) is 1.89. The standard InChI is InChI=1S/C13H18N4S/c1-10-15-16-13(12(14)8-9-18-2)17(10)11-6-4-3-5-7-11/h3-7,12H,8-9,14H2,1-2H3/t12-/m0/s1. The summed E-state index contributed by atoms with van der Waals surface area (Å²) in [5.41, 5.74) is 7.26. The molecule has 1 heterocycles. The number of benzene rings is 1. The van der Waals surface area contributed by atoms with Gasteiger partial charge in [-0.05, 0) is 37.5 Å². The molecule has 0 saturated carbocycles. The van der Waals surface area contributed by atoms with Crippen molar-refractivity contribution in [3.63, 3.8) is 0 Å². The lowest BCUT2D eigenvalue weighted by Crippen LogP contribution is -2.17. The van der Waals surface area contributed by atoms with E-state index in [1.54, 1.807) is 11.8 Å². The SMILES string of the molecule is CSCC[C@H](N)c1nnc(C)n1-c1ccccc1. The molecule has 0 bridgehead atoms. The highest BCUT2D eigenvalue weighted by atomic mass is 32.2. The van der Waals surface area contributed by atoms with E-state index in [2.05, 4.69) is 16.5 Å². The predicted octanol–water partition coefficient (Wildman–Crippen LogP) is 2.33. The van der Waals surface area contributed by atoms with Crippen LogP contribution in [0.5, 0.6) is 0 Å². The zero-order valence-corrected chi connectivity index (χ0v) is 11.5. The van der Waals surface area contributed by atoms with Crippen LogP contribution in [0.4, 0.5) is 0 Å². The van der Waals surface area contributed by atoms with Crippen molar-refractivity contribution in [1.82, 2.24) is 14.8 Å². The van der Waals surface area contributed by atoms with E-state index in [0.717, 1.165) is 29.5 Å². The molecule has 96 valence electrons. The van der Waals surface area contributed by atoms with Gasteiger partial charge in [0.25, 0.3) is 0 Å². The zero-order valence-electron chi connectivity index (χ0n) is 10.7. The largest absolute Gasteiger partial charge is 0.321 e. The number of rotatable bonds is 5. The first kappa shape index (κ1) is 13.1. The topological polar surface area (TPSA) is 56.7 Å². The van der Waals surface area contributed by atoms with E-state index in [0.29, 0.717) is 0 Å². The Morgan fingerprint density at radius 2 is 2.00 bits per heavy atom. The minimum Gasteiger partial charge on any atom is -0.321 e. The van der Waals surface area contributed by atoms with Crippen molar-refractivity contribution in [2.24, 2.45) is 5.73 Å². The van der Waals surface area contributed by atoms with Crippen LogP contribution in [0.2, 0.25) is 0 Å². The molecule has 0 fully saturated rings. The molecule has 0 aliphatic heterocycles. The van der Waals surface area contributed by atoms with E-state index < -0.39 is 0 Å². The Hall–Kier alpha value is -1.33. The molecule has 1 aromatic carbocycles. The van der Waals surface area contributed by atoms with Gasteiger partial charge in [0.05, 0.1) is 6.04 Å². The molecule has 18 heavy (non-hydrogen) atoms. The monoisotopic (exact) mass is 262 g/mol. The Balaban J connectivity index is 2.33. The van der Waals surface area contributed by atoms with Crippen LogP contribution in [0, 0.1) is 6.92 Å². The number of aryl methyl sites for hydroxylation is 1. The summed E-state index contributed by atoms with van der Waals surface area (Å²) in [6, 6.07) is 10.0. The Kier molecular flexibility index (Phi) is 4.38. The van der Waals surface area contributed by atoms with Crippen molar-refractivity contribution in [2.75, 3.05) is 12.0 Å². The van der Waals surface area contributed by atoms with Gasteiger partial charge < -0.3 is 5.73 Å². The average Bonchev–Trinajstić information content (AvgIpc) is 2.79. The first-order valence-electron chi connectivity index (χ1n) is 5.96. The van der Waals surface area contributed by atoms with E-state index in [4.69, 9.17) is 5.73 Å². The van der Waals surface area contributed by atoms with E-state index >= 15 is 0 Å². The molecule has 0 aliphatic carbocycles. The van der Waals surface area contributed by atoms with E-state index in [-0.39, 0.29) is 6.04 Å². The molecule has 5 heteroatoms. The summed E-state index contributed by atoms with van der Waals surface area (Å²) in [5, 5.41) is 8.37. The number of thioether (sulfide) groups is 1. The third-order valence-electron chi connectivity index (χ3n) is 2.83. The van der Waals surface area contributed by atoms with E-state index in [9.17, 15) is 0 Å². The van der Waals surface area contributed by atoms with Crippen LogP contribution in [0.1, 0.15) is 24.1 Å². The molecule has 0 radical (unpaired) electrons. The maximum atomic E-state index is 6.20. The average molecular weight is 262 g/mol. The highest BCUT2D eigenvalue weighted by Crippen LogP contribution is 2.19. The molecule has 1 aromatic heterocycles. The first-order valence-corrected chi connectivity index (χ1v) is 7.35. The number of hydrogen-bond donors (Lipinski definition) is 1. The summed E-state index contributed by atoms with van der Waals surface area (Å²) in [6.07, 6.45) is 2.99. The molecule has 2 rings (SSSR count). The van der Waals surface area contributed by atoms with Gasteiger partial charge in [-0.25, -0.2) is 0 Å². The Morgan fingerprint density at radius 3 is 2.67 bits per heavy atom. The summed E-state index contributed by atoms with van der Waals surface area (Å²) in [4.78, 5) is 0. The smallest absolute Gasteiger partial charge is 0.154 e. The van der Waals surface area contributed by atoms with Gasteiger partial charge in [0, 0.05) is 5.69 Å². The van der Waals surface area contributed by atoms with Gasteiger partial charge in [-0.3, -0.25) is 4.57 Å². The number of hydrogen-bond acceptors (Lipinski definition) is 4. The van der Waals surface area contributed by atoms with Crippen LogP contribution in [0.25, 0.3) is 5.69 Å². The van der Waals surface area contributed by atoms with Crippen LogP contribution in [0.15, 0.2) is 30.3 Å². The molecular weight excluding hydrogens is 244 g/mol. The molecular formula is C13H18N4S. The van der Waals surface area contributed by atoms with Gasteiger partial charge in [-0.2, -0.15) is 11.8 Å². The Morgan fingerprint density at radius 1 is 1.28 bits per heavy atom. The lowest BCUT2D eigenvalue weighted by molar-refractivity contribution is 0.637. The lowest BCUT2D eigenvalue weighted by Gasteiger charge is -2.13. The van der Waals surface area contributed by atoms with Gasteiger partial charge in [-0.15, -0.1) is 10.2 Å². The number of nitrogens with zero attached hydrogens (tertiary/aromatic N) is 3.